The van der Waals surface area contributed by atoms with Gasteiger partial charge in [0.25, 0.3) is 0 Å². The van der Waals surface area contributed by atoms with E-state index in [1.807, 2.05) is 30.3 Å². The van der Waals surface area contributed by atoms with Crippen LogP contribution < -0.4 is 10.6 Å². The lowest BCUT2D eigenvalue weighted by atomic mass is 10.1. The lowest BCUT2D eigenvalue weighted by Crippen LogP contribution is -2.34. The molecule has 4 rings (SSSR count). The molecule has 0 radical (unpaired) electrons. The van der Waals surface area contributed by atoms with Crippen molar-refractivity contribution < 1.29 is 18.5 Å². The molecule has 0 spiro atoms. The quantitative estimate of drug-likeness (QED) is 0.609. The summed E-state index contributed by atoms with van der Waals surface area (Å²) in [6, 6.07) is 15.3. The Hall–Kier alpha value is -3.75. The number of urea groups is 1. The number of carbonyl (C=O) groups excluding carboxylic acids is 2. The zero-order valence-electron chi connectivity index (χ0n) is 16.8. The number of rotatable bonds is 7. The van der Waals surface area contributed by atoms with E-state index in [2.05, 4.69) is 20.8 Å². The van der Waals surface area contributed by atoms with Crippen LogP contribution in [0.5, 0.6) is 0 Å². The van der Waals surface area contributed by atoms with Crippen molar-refractivity contribution in [3.05, 3.63) is 83.3 Å². The van der Waals surface area contributed by atoms with Gasteiger partial charge in [-0.15, -0.1) is 0 Å². The van der Waals surface area contributed by atoms with E-state index in [4.69, 9.17) is 4.52 Å². The predicted molar refractivity (Wildman–Crippen MR) is 109 cm³/mol. The topological polar surface area (TPSA) is 100 Å². The molecule has 8 nitrogen and oxygen atoms in total. The number of hydrogen-bond acceptors (Lipinski definition) is 5. The molecule has 0 bridgehead atoms. The van der Waals surface area contributed by atoms with Gasteiger partial charge in [0.1, 0.15) is 5.82 Å². The van der Waals surface area contributed by atoms with Crippen molar-refractivity contribution in [3.63, 3.8) is 0 Å². The molecule has 0 aliphatic carbocycles. The predicted octanol–water partition coefficient (Wildman–Crippen LogP) is 2.72. The fourth-order valence-corrected chi connectivity index (χ4v) is 3.41. The molecule has 1 aliphatic heterocycles. The zero-order chi connectivity index (χ0) is 21.6. The van der Waals surface area contributed by atoms with E-state index in [1.54, 1.807) is 17.0 Å². The van der Waals surface area contributed by atoms with Crippen LogP contribution in [0.25, 0.3) is 0 Å². The van der Waals surface area contributed by atoms with E-state index in [0.717, 1.165) is 11.1 Å². The maximum Gasteiger partial charge on any atom is 0.315 e. The highest BCUT2D eigenvalue weighted by Crippen LogP contribution is 2.27. The van der Waals surface area contributed by atoms with Gasteiger partial charge in [0.05, 0.1) is 6.54 Å². The maximum absolute atomic E-state index is 13.1. The van der Waals surface area contributed by atoms with Crippen LogP contribution in [-0.2, 0) is 24.4 Å². The molecular weight excluding hydrogens is 401 g/mol. The molecule has 1 saturated heterocycles. The molecule has 2 heterocycles. The fourth-order valence-electron chi connectivity index (χ4n) is 3.41. The van der Waals surface area contributed by atoms with Gasteiger partial charge in [-0.2, -0.15) is 4.98 Å². The second kappa shape index (κ2) is 9.38. The van der Waals surface area contributed by atoms with Gasteiger partial charge in [-0.05, 0) is 23.3 Å². The maximum atomic E-state index is 13.1. The number of hydrogen-bond donors (Lipinski definition) is 2. The van der Waals surface area contributed by atoms with Crippen molar-refractivity contribution in [1.82, 2.24) is 25.7 Å². The summed E-state index contributed by atoms with van der Waals surface area (Å²) in [4.78, 5) is 30.3. The second-order valence-electron chi connectivity index (χ2n) is 7.37. The van der Waals surface area contributed by atoms with Crippen molar-refractivity contribution >= 4 is 11.9 Å². The van der Waals surface area contributed by atoms with E-state index in [-0.39, 0.29) is 42.5 Å². The van der Waals surface area contributed by atoms with Crippen LogP contribution in [0.15, 0.2) is 59.1 Å². The largest absolute Gasteiger partial charge is 0.338 e. The Kier molecular flexibility index (Phi) is 6.21. The summed E-state index contributed by atoms with van der Waals surface area (Å²) in [5.74, 6) is 0.207. The van der Waals surface area contributed by atoms with E-state index in [1.165, 1.54) is 12.1 Å². The number of nitrogens with one attached hydrogen (secondary N) is 2. The molecule has 1 fully saturated rings. The van der Waals surface area contributed by atoms with Crippen molar-refractivity contribution in [3.8, 4) is 0 Å². The van der Waals surface area contributed by atoms with Crippen LogP contribution in [0.2, 0.25) is 0 Å². The average Bonchev–Trinajstić information content (AvgIpc) is 3.40. The summed E-state index contributed by atoms with van der Waals surface area (Å²) in [5.41, 5.74) is 1.85. The monoisotopic (exact) mass is 423 g/mol. The highest BCUT2D eigenvalue weighted by atomic mass is 19.1. The first-order valence-corrected chi connectivity index (χ1v) is 9.97. The van der Waals surface area contributed by atoms with Gasteiger partial charge >= 0.3 is 6.03 Å². The van der Waals surface area contributed by atoms with Gasteiger partial charge in [0.15, 0.2) is 5.82 Å². The summed E-state index contributed by atoms with van der Waals surface area (Å²) >= 11 is 0. The molecule has 2 N–H and O–H groups in total. The van der Waals surface area contributed by atoms with Crippen LogP contribution in [0.1, 0.15) is 35.2 Å². The summed E-state index contributed by atoms with van der Waals surface area (Å²) in [7, 11) is 0. The van der Waals surface area contributed by atoms with E-state index >= 15 is 0 Å². The summed E-state index contributed by atoms with van der Waals surface area (Å²) in [5, 5.41) is 9.40. The molecule has 1 aromatic heterocycles. The first-order valence-electron chi connectivity index (χ1n) is 9.97. The third kappa shape index (κ3) is 5.44. The van der Waals surface area contributed by atoms with Crippen molar-refractivity contribution in [2.75, 3.05) is 6.54 Å². The summed E-state index contributed by atoms with van der Waals surface area (Å²) < 4.78 is 18.3. The molecule has 3 amide bonds. The van der Waals surface area contributed by atoms with E-state index < -0.39 is 0 Å². The number of nitrogens with zero attached hydrogens (tertiary/aromatic N) is 3. The fraction of sp³-hybridized carbons (Fsp3) is 0.273. The van der Waals surface area contributed by atoms with Crippen LogP contribution in [-0.4, -0.2) is 33.5 Å². The number of halogens is 1. The third-order valence-corrected chi connectivity index (χ3v) is 5.05. The molecular formula is C22H22FN5O3. The molecule has 0 saturated carbocycles. The van der Waals surface area contributed by atoms with Gasteiger partial charge in [0.2, 0.25) is 11.8 Å². The van der Waals surface area contributed by atoms with E-state index in [0.29, 0.717) is 25.5 Å². The molecule has 2 aromatic carbocycles. The van der Waals surface area contributed by atoms with Gasteiger partial charge < -0.3 is 20.1 Å². The minimum Gasteiger partial charge on any atom is -0.338 e. The van der Waals surface area contributed by atoms with Crippen LogP contribution in [0.3, 0.4) is 0 Å². The summed E-state index contributed by atoms with van der Waals surface area (Å²) in [6.07, 6.45) is 0.283. The van der Waals surface area contributed by atoms with Gasteiger partial charge in [-0.3, -0.25) is 4.79 Å². The SMILES string of the molecule is O=C(NCc1ccccc1)NCc1nc(C2CC(=O)N(Cc3ccc(F)cc3)C2)no1. The Morgan fingerprint density at radius 3 is 2.58 bits per heavy atom. The normalized spacial score (nSPS) is 15.8. The molecule has 3 aromatic rings. The van der Waals surface area contributed by atoms with Gasteiger partial charge in [-0.25, -0.2) is 9.18 Å². The minimum absolute atomic E-state index is 0.0147. The second-order valence-corrected chi connectivity index (χ2v) is 7.37. The molecule has 160 valence electrons. The van der Waals surface area contributed by atoms with Crippen LogP contribution in [0, 0.1) is 5.82 Å². The van der Waals surface area contributed by atoms with E-state index in [9.17, 15) is 14.0 Å². The Morgan fingerprint density at radius 1 is 1.06 bits per heavy atom. The Balaban J connectivity index is 1.26. The molecule has 31 heavy (non-hydrogen) atoms. The third-order valence-electron chi connectivity index (χ3n) is 5.05. The Bertz CT molecular complexity index is 1040. The number of amides is 3. The van der Waals surface area contributed by atoms with Crippen LogP contribution >= 0.6 is 0 Å². The van der Waals surface area contributed by atoms with Crippen LogP contribution in [0.4, 0.5) is 9.18 Å². The standard InChI is InChI=1S/C22H22FN5O3/c23-18-8-6-16(7-9-18)13-28-14-17(10-20(28)29)21-26-19(31-27-21)12-25-22(30)24-11-15-4-2-1-3-5-15/h1-9,17H,10-14H2,(H2,24,25,30). The smallest absolute Gasteiger partial charge is 0.315 e. The van der Waals surface area contributed by atoms with Crippen molar-refractivity contribution in [2.45, 2.75) is 32.0 Å². The summed E-state index contributed by atoms with van der Waals surface area (Å²) in [6.45, 7) is 1.37. The molecule has 9 heteroatoms. The first kappa shape index (κ1) is 20.5. The number of benzene rings is 2. The number of aromatic nitrogens is 2. The van der Waals surface area contributed by atoms with Gasteiger partial charge in [-0.1, -0.05) is 47.6 Å². The van der Waals surface area contributed by atoms with Crippen molar-refractivity contribution in [2.24, 2.45) is 0 Å². The highest BCUT2D eigenvalue weighted by Gasteiger charge is 2.33. The number of carbonyl (C=O) groups is 2. The number of likely N-dealkylation sites (tertiary alicyclic amines) is 1. The van der Waals surface area contributed by atoms with Gasteiger partial charge in [0, 0.05) is 32.0 Å². The molecule has 1 atom stereocenters. The lowest BCUT2D eigenvalue weighted by Gasteiger charge is -2.16. The Morgan fingerprint density at radius 2 is 1.81 bits per heavy atom. The zero-order valence-corrected chi connectivity index (χ0v) is 16.8. The minimum atomic E-state index is -0.342. The lowest BCUT2D eigenvalue weighted by molar-refractivity contribution is -0.128. The molecule has 1 aliphatic rings. The first-order chi connectivity index (χ1) is 15.1. The highest BCUT2D eigenvalue weighted by molar-refractivity contribution is 5.79. The van der Waals surface area contributed by atoms with Crippen molar-refractivity contribution in [1.29, 1.82) is 0 Å². The Labute approximate surface area is 178 Å². The molecule has 1 unspecified atom stereocenters. The average molecular weight is 423 g/mol.